The van der Waals surface area contributed by atoms with Crippen molar-refractivity contribution < 1.29 is 0 Å². The van der Waals surface area contributed by atoms with Crippen LogP contribution in [0.1, 0.15) is 44.9 Å². The molecule has 1 atom stereocenters. The molecule has 0 aliphatic heterocycles. The van der Waals surface area contributed by atoms with Crippen molar-refractivity contribution in [1.29, 1.82) is 5.26 Å². The van der Waals surface area contributed by atoms with E-state index in [4.69, 9.17) is 11.0 Å². The van der Waals surface area contributed by atoms with Gasteiger partial charge in [0.2, 0.25) is 0 Å². The van der Waals surface area contributed by atoms with Crippen molar-refractivity contribution in [3.05, 3.63) is 35.4 Å². The van der Waals surface area contributed by atoms with Crippen LogP contribution in [-0.2, 0) is 6.42 Å². The maximum Gasteiger partial charge on any atom is 0.0710 e. The van der Waals surface area contributed by atoms with Crippen LogP contribution in [-0.4, -0.2) is 0 Å². The van der Waals surface area contributed by atoms with Crippen molar-refractivity contribution in [2.75, 3.05) is 0 Å². The Morgan fingerprint density at radius 3 is 2.18 bits per heavy atom. The van der Waals surface area contributed by atoms with Crippen LogP contribution < -0.4 is 5.73 Å². The normalized spacial score (nSPS) is 13.5. The third kappa shape index (κ3) is 3.57. The summed E-state index contributed by atoms with van der Waals surface area (Å²) < 4.78 is 0. The average molecular weight is 230 g/mol. The highest BCUT2D eigenvalue weighted by atomic mass is 14.7. The zero-order chi connectivity index (χ0) is 13.1. The van der Waals surface area contributed by atoms with Gasteiger partial charge in [-0.05, 0) is 37.3 Å². The minimum Gasteiger partial charge on any atom is -0.323 e. The van der Waals surface area contributed by atoms with Crippen LogP contribution in [0, 0.1) is 22.7 Å². The highest BCUT2D eigenvalue weighted by Gasteiger charge is 2.27. The molecular weight excluding hydrogens is 208 g/mol. The second kappa shape index (κ2) is 5.33. The minimum absolute atomic E-state index is 0.236. The van der Waals surface area contributed by atoms with E-state index in [9.17, 15) is 0 Å². The first kappa shape index (κ1) is 13.7. The summed E-state index contributed by atoms with van der Waals surface area (Å²) in [4.78, 5) is 0. The first-order valence-corrected chi connectivity index (χ1v) is 6.12. The van der Waals surface area contributed by atoms with E-state index in [1.54, 1.807) is 0 Å². The van der Waals surface area contributed by atoms with Crippen LogP contribution in [0.15, 0.2) is 24.3 Å². The molecule has 2 N–H and O–H groups in total. The second-order valence-corrected chi connectivity index (χ2v) is 5.65. The fourth-order valence-electron chi connectivity index (χ4n) is 1.82. The number of hydrogen-bond acceptors (Lipinski definition) is 2. The molecule has 2 heteroatoms. The molecule has 0 spiro atoms. The zero-order valence-electron chi connectivity index (χ0n) is 11.2. The van der Waals surface area contributed by atoms with Crippen LogP contribution >= 0.6 is 0 Å². The van der Waals surface area contributed by atoms with Crippen molar-refractivity contribution in [2.24, 2.45) is 17.1 Å². The van der Waals surface area contributed by atoms with Crippen LogP contribution in [0.3, 0.4) is 0 Å². The number of hydrogen-bond donors (Lipinski definition) is 1. The quantitative estimate of drug-likeness (QED) is 0.861. The van der Waals surface area contributed by atoms with E-state index in [1.807, 2.05) is 26.0 Å². The third-order valence-corrected chi connectivity index (χ3v) is 3.05. The Kier molecular flexibility index (Phi) is 4.31. The Morgan fingerprint density at radius 1 is 1.24 bits per heavy atom. The number of rotatable bonds is 4. The maximum absolute atomic E-state index is 9.07. The highest BCUT2D eigenvalue weighted by Crippen LogP contribution is 2.30. The average Bonchev–Trinajstić information content (AvgIpc) is 2.28. The van der Waals surface area contributed by atoms with Gasteiger partial charge in [0.15, 0.2) is 0 Å². The lowest BCUT2D eigenvalue weighted by atomic mass is 9.82. The molecule has 0 saturated heterocycles. The van der Waals surface area contributed by atoms with Gasteiger partial charge in [0.1, 0.15) is 0 Å². The first-order valence-electron chi connectivity index (χ1n) is 6.12. The summed E-state index contributed by atoms with van der Waals surface area (Å²) in [6.45, 7) is 8.16. The Morgan fingerprint density at radius 2 is 1.76 bits per heavy atom. The Hall–Kier alpha value is -1.33. The molecular formula is C15H22N2. The lowest BCUT2D eigenvalue weighted by Gasteiger charge is -2.24. The van der Waals surface area contributed by atoms with Crippen molar-refractivity contribution in [2.45, 2.75) is 40.2 Å². The molecule has 0 saturated carbocycles. The van der Waals surface area contributed by atoms with E-state index in [2.05, 4.69) is 32.0 Å². The van der Waals surface area contributed by atoms with E-state index in [1.165, 1.54) is 5.56 Å². The topological polar surface area (TPSA) is 49.8 Å². The lowest BCUT2D eigenvalue weighted by molar-refractivity contribution is 0.393. The first-order chi connectivity index (χ1) is 7.86. The molecule has 1 unspecified atom stereocenters. The van der Waals surface area contributed by atoms with Crippen LogP contribution in [0.25, 0.3) is 0 Å². The molecule has 0 aromatic heterocycles. The number of benzene rings is 1. The van der Waals surface area contributed by atoms with Gasteiger partial charge in [-0.25, -0.2) is 0 Å². The van der Waals surface area contributed by atoms with E-state index < -0.39 is 5.41 Å². The molecule has 0 aliphatic carbocycles. The van der Waals surface area contributed by atoms with E-state index in [0.29, 0.717) is 5.92 Å². The van der Waals surface area contributed by atoms with Gasteiger partial charge in [-0.1, -0.05) is 38.1 Å². The fraction of sp³-hybridized carbons (Fsp3) is 0.533. The van der Waals surface area contributed by atoms with E-state index in [-0.39, 0.29) is 6.04 Å². The van der Waals surface area contributed by atoms with Gasteiger partial charge in [-0.2, -0.15) is 5.26 Å². The minimum atomic E-state index is -0.528. The van der Waals surface area contributed by atoms with Gasteiger partial charge in [-0.3, -0.25) is 0 Å². The molecule has 0 bridgehead atoms. The van der Waals surface area contributed by atoms with Gasteiger partial charge in [-0.15, -0.1) is 0 Å². The van der Waals surface area contributed by atoms with Crippen LogP contribution in [0.2, 0.25) is 0 Å². The molecule has 0 fully saturated rings. The second-order valence-electron chi connectivity index (χ2n) is 5.65. The van der Waals surface area contributed by atoms with Gasteiger partial charge in [0, 0.05) is 6.04 Å². The van der Waals surface area contributed by atoms with Crippen molar-refractivity contribution in [3.63, 3.8) is 0 Å². The molecule has 2 nitrogen and oxygen atoms in total. The molecule has 0 heterocycles. The largest absolute Gasteiger partial charge is 0.323 e. The van der Waals surface area contributed by atoms with E-state index in [0.717, 1.165) is 12.0 Å². The highest BCUT2D eigenvalue weighted by molar-refractivity contribution is 5.27. The summed E-state index contributed by atoms with van der Waals surface area (Å²) >= 11 is 0. The molecule has 17 heavy (non-hydrogen) atoms. The third-order valence-electron chi connectivity index (χ3n) is 3.05. The SMILES string of the molecule is CC(C)Cc1ccc(C(N)C(C)(C)C#N)cc1. The Balaban J connectivity index is 2.85. The summed E-state index contributed by atoms with van der Waals surface area (Å²) in [5.74, 6) is 0.657. The van der Waals surface area contributed by atoms with Gasteiger partial charge >= 0.3 is 0 Å². The molecule has 1 aromatic rings. The predicted molar refractivity (Wildman–Crippen MR) is 71.3 cm³/mol. The van der Waals surface area contributed by atoms with Crippen molar-refractivity contribution in [1.82, 2.24) is 0 Å². The maximum atomic E-state index is 9.07. The monoisotopic (exact) mass is 230 g/mol. The summed E-state index contributed by atoms with van der Waals surface area (Å²) in [5, 5.41) is 9.07. The standard InChI is InChI=1S/C15H22N2/c1-11(2)9-12-5-7-13(8-6-12)14(17)15(3,4)10-16/h5-8,11,14H,9,17H2,1-4H3. The van der Waals surface area contributed by atoms with Crippen LogP contribution in [0.5, 0.6) is 0 Å². The smallest absolute Gasteiger partial charge is 0.0710 e. The fourth-order valence-corrected chi connectivity index (χ4v) is 1.82. The molecule has 0 aliphatic rings. The van der Waals surface area contributed by atoms with Crippen LogP contribution in [0.4, 0.5) is 0 Å². The molecule has 1 rings (SSSR count). The van der Waals surface area contributed by atoms with Crippen molar-refractivity contribution >= 4 is 0 Å². The molecule has 92 valence electrons. The number of nitrogens with zero attached hydrogens (tertiary/aromatic N) is 1. The molecule has 0 amide bonds. The lowest BCUT2D eigenvalue weighted by Crippen LogP contribution is -2.27. The summed E-state index contributed by atoms with van der Waals surface area (Å²) in [6, 6.07) is 10.3. The van der Waals surface area contributed by atoms with E-state index >= 15 is 0 Å². The summed E-state index contributed by atoms with van der Waals surface area (Å²) in [7, 11) is 0. The summed E-state index contributed by atoms with van der Waals surface area (Å²) in [5.41, 5.74) is 7.94. The number of nitriles is 1. The molecule has 0 radical (unpaired) electrons. The molecule has 1 aromatic carbocycles. The Bertz CT molecular complexity index is 396. The van der Waals surface area contributed by atoms with Gasteiger partial charge in [0.25, 0.3) is 0 Å². The van der Waals surface area contributed by atoms with Gasteiger partial charge in [0.05, 0.1) is 11.5 Å². The summed E-state index contributed by atoms with van der Waals surface area (Å²) in [6.07, 6.45) is 1.08. The zero-order valence-corrected chi connectivity index (χ0v) is 11.2. The van der Waals surface area contributed by atoms with Gasteiger partial charge < -0.3 is 5.73 Å². The predicted octanol–water partition coefficient (Wildman–Crippen LogP) is 3.43. The van der Waals surface area contributed by atoms with Crippen molar-refractivity contribution in [3.8, 4) is 6.07 Å². The number of nitrogens with two attached hydrogens (primary N) is 1. The Labute approximate surface area is 104 Å².